The van der Waals surface area contributed by atoms with Gasteiger partial charge in [0.1, 0.15) is 11.4 Å². The number of amides is 2. The first-order valence-electron chi connectivity index (χ1n) is 9.61. The lowest BCUT2D eigenvalue weighted by atomic mass is 10.2. The molecule has 3 N–H and O–H groups in total. The smallest absolute Gasteiger partial charge is 0.412 e. The molecule has 0 radical (unpaired) electrons. The molecule has 0 saturated heterocycles. The van der Waals surface area contributed by atoms with Crippen LogP contribution in [-0.2, 0) is 14.8 Å². The second-order valence-electron chi connectivity index (χ2n) is 8.19. The summed E-state index contributed by atoms with van der Waals surface area (Å²) in [6.07, 6.45) is -0.863. The number of hydrogen-bond acceptors (Lipinski definition) is 5. The lowest BCUT2D eigenvalue weighted by molar-refractivity contribution is 0.0635. The van der Waals surface area contributed by atoms with E-state index in [0.29, 0.717) is 0 Å². The molecule has 0 aliphatic rings. The fourth-order valence-corrected chi connectivity index (χ4v) is 4.01. The molecule has 2 aromatic carbocycles. The number of benzene rings is 2. The maximum atomic E-state index is 14.1. The summed E-state index contributed by atoms with van der Waals surface area (Å²) in [6, 6.07) is 6.91. The summed E-state index contributed by atoms with van der Waals surface area (Å²) in [7, 11) is -3.85. The van der Waals surface area contributed by atoms with Crippen molar-refractivity contribution in [1.29, 1.82) is 0 Å². The van der Waals surface area contributed by atoms with Crippen molar-refractivity contribution < 1.29 is 27.1 Å². The van der Waals surface area contributed by atoms with Gasteiger partial charge >= 0.3 is 6.09 Å². The monoisotopic (exact) mass is 485 g/mol. The van der Waals surface area contributed by atoms with Crippen LogP contribution in [0.3, 0.4) is 0 Å². The molecule has 0 heterocycles. The van der Waals surface area contributed by atoms with E-state index in [4.69, 9.17) is 16.3 Å². The first kappa shape index (κ1) is 25.6. The second kappa shape index (κ2) is 9.85. The van der Waals surface area contributed by atoms with E-state index in [1.165, 1.54) is 24.3 Å². The van der Waals surface area contributed by atoms with E-state index < -0.39 is 33.4 Å². The third-order valence-electron chi connectivity index (χ3n) is 3.74. The molecule has 0 bridgehead atoms. The average Bonchev–Trinajstić information content (AvgIpc) is 2.62. The minimum Gasteiger partial charge on any atom is -0.444 e. The van der Waals surface area contributed by atoms with Crippen LogP contribution in [0.15, 0.2) is 41.3 Å². The summed E-state index contributed by atoms with van der Waals surface area (Å²) < 4.78 is 46.4. The standard InChI is InChI=1S/C21H25ClFN3O5S/c1-12(2)26-32(29,30)14-7-8-16(22)15(11-14)19(27)24-13-6-9-17(23)18(10-13)25-20(28)31-21(3,4)5/h6-12,26H,1-5H3,(H,24,27)(H,25,28). The Labute approximate surface area is 191 Å². The first-order chi connectivity index (χ1) is 14.7. The van der Waals surface area contributed by atoms with Crippen LogP contribution in [-0.4, -0.2) is 32.1 Å². The molecule has 0 saturated carbocycles. The zero-order valence-electron chi connectivity index (χ0n) is 18.2. The van der Waals surface area contributed by atoms with Crippen molar-refractivity contribution in [2.45, 2.75) is 51.2 Å². The molecule has 0 spiro atoms. The van der Waals surface area contributed by atoms with Gasteiger partial charge in [-0.2, -0.15) is 0 Å². The maximum Gasteiger partial charge on any atom is 0.412 e. The summed E-state index contributed by atoms with van der Waals surface area (Å²) in [5.41, 5.74) is -0.934. The minimum absolute atomic E-state index is 0.0280. The fraction of sp³-hybridized carbons (Fsp3) is 0.333. The predicted molar refractivity (Wildman–Crippen MR) is 121 cm³/mol. The molecule has 0 aliphatic carbocycles. The normalized spacial score (nSPS) is 11.9. The maximum absolute atomic E-state index is 14.1. The predicted octanol–water partition coefficient (Wildman–Crippen LogP) is 4.77. The van der Waals surface area contributed by atoms with Gasteiger partial charge in [0.2, 0.25) is 10.0 Å². The third-order valence-corrected chi connectivity index (χ3v) is 5.73. The fourth-order valence-electron chi connectivity index (χ4n) is 2.53. The highest BCUT2D eigenvalue weighted by Crippen LogP contribution is 2.24. The van der Waals surface area contributed by atoms with Crippen LogP contribution in [0.5, 0.6) is 0 Å². The van der Waals surface area contributed by atoms with E-state index in [1.807, 2.05) is 0 Å². The van der Waals surface area contributed by atoms with E-state index in [0.717, 1.165) is 12.1 Å². The molecular weight excluding hydrogens is 461 g/mol. The SMILES string of the molecule is CC(C)NS(=O)(=O)c1ccc(Cl)c(C(=O)Nc2ccc(F)c(NC(=O)OC(C)(C)C)c2)c1. The summed E-state index contributed by atoms with van der Waals surface area (Å²) in [5.74, 6) is -1.45. The summed E-state index contributed by atoms with van der Waals surface area (Å²) in [6.45, 7) is 8.31. The van der Waals surface area contributed by atoms with Crippen LogP contribution in [0, 0.1) is 5.82 Å². The zero-order valence-corrected chi connectivity index (χ0v) is 19.8. The Balaban J connectivity index is 2.26. The average molecular weight is 486 g/mol. The third kappa shape index (κ3) is 7.18. The number of ether oxygens (including phenoxy) is 1. The second-order valence-corrected chi connectivity index (χ2v) is 10.3. The quantitative estimate of drug-likeness (QED) is 0.545. The molecule has 0 aromatic heterocycles. The van der Waals surface area contributed by atoms with E-state index in [-0.39, 0.29) is 32.9 Å². The van der Waals surface area contributed by atoms with E-state index in [9.17, 15) is 22.4 Å². The number of carbonyl (C=O) groups excluding carboxylic acids is 2. The zero-order chi connectivity index (χ0) is 24.3. The number of rotatable bonds is 6. The van der Waals surface area contributed by atoms with Gasteiger partial charge in [0.15, 0.2) is 0 Å². The molecule has 2 aromatic rings. The van der Waals surface area contributed by atoms with Crippen molar-refractivity contribution in [1.82, 2.24) is 4.72 Å². The molecule has 0 atom stereocenters. The molecule has 8 nitrogen and oxygen atoms in total. The van der Waals surface area contributed by atoms with Gasteiger partial charge in [0, 0.05) is 11.7 Å². The molecular formula is C21H25ClFN3O5S. The topological polar surface area (TPSA) is 114 Å². The van der Waals surface area contributed by atoms with Crippen molar-refractivity contribution in [3.05, 3.63) is 52.8 Å². The van der Waals surface area contributed by atoms with Gasteiger partial charge in [-0.05, 0) is 71.0 Å². The number of nitrogens with one attached hydrogen (secondary N) is 3. The highest BCUT2D eigenvalue weighted by atomic mass is 35.5. The Bertz CT molecular complexity index is 1130. The van der Waals surface area contributed by atoms with Crippen molar-refractivity contribution in [3.8, 4) is 0 Å². The van der Waals surface area contributed by atoms with E-state index in [2.05, 4.69) is 15.4 Å². The molecule has 0 aliphatic heterocycles. The molecule has 0 fully saturated rings. The molecule has 32 heavy (non-hydrogen) atoms. The van der Waals surface area contributed by atoms with E-state index in [1.54, 1.807) is 34.6 Å². The van der Waals surface area contributed by atoms with Gasteiger partial charge in [-0.1, -0.05) is 11.6 Å². The first-order valence-corrected chi connectivity index (χ1v) is 11.5. The Morgan fingerprint density at radius 2 is 1.72 bits per heavy atom. The van der Waals surface area contributed by atoms with Crippen LogP contribution in [0.25, 0.3) is 0 Å². The molecule has 174 valence electrons. The number of hydrogen-bond donors (Lipinski definition) is 3. The van der Waals surface area contributed by atoms with Gasteiger partial charge in [0.25, 0.3) is 5.91 Å². The lowest BCUT2D eigenvalue weighted by Gasteiger charge is -2.20. The number of anilines is 2. The molecule has 2 rings (SSSR count). The van der Waals surface area contributed by atoms with Gasteiger partial charge in [0.05, 0.1) is 21.2 Å². The number of carbonyl (C=O) groups is 2. The van der Waals surface area contributed by atoms with Crippen molar-refractivity contribution in [2.24, 2.45) is 0 Å². The van der Waals surface area contributed by atoms with Gasteiger partial charge in [-0.15, -0.1) is 0 Å². The molecule has 0 unspecified atom stereocenters. The van der Waals surface area contributed by atoms with E-state index >= 15 is 0 Å². The highest BCUT2D eigenvalue weighted by molar-refractivity contribution is 7.89. The Kier molecular flexibility index (Phi) is 7.87. The summed E-state index contributed by atoms with van der Waals surface area (Å²) in [4.78, 5) is 24.5. The lowest BCUT2D eigenvalue weighted by Crippen LogP contribution is -2.30. The Morgan fingerprint density at radius 1 is 1.06 bits per heavy atom. The molecule has 2 amide bonds. The summed E-state index contributed by atoms with van der Waals surface area (Å²) >= 11 is 6.09. The van der Waals surface area contributed by atoms with Crippen LogP contribution in [0.4, 0.5) is 20.6 Å². The Hall–Kier alpha value is -2.69. The van der Waals surface area contributed by atoms with Crippen LogP contribution in [0.2, 0.25) is 5.02 Å². The number of halogens is 2. The number of sulfonamides is 1. The summed E-state index contributed by atoms with van der Waals surface area (Å²) in [5, 5.41) is 4.82. The van der Waals surface area contributed by atoms with Gasteiger partial charge < -0.3 is 10.1 Å². The molecule has 11 heteroatoms. The van der Waals surface area contributed by atoms with Crippen LogP contribution < -0.4 is 15.4 Å². The van der Waals surface area contributed by atoms with Crippen molar-refractivity contribution >= 4 is 45.0 Å². The van der Waals surface area contributed by atoms with Gasteiger partial charge in [-0.25, -0.2) is 22.3 Å². The van der Waals surface area contributed by atoms with Crippen molar-refractivity contribution in [2.75, 3.05) is 10.6 Å². The van der Waals surface area contributed by atoms with Crippen molar-refractivity contribution in [3.63, 3.8) is 0 Å². The van der Waals surface area contributed by atoms with Crippen LogP contribution in [0.1, 0.15) is 45.0 Å². The highest BCUT2D eigenvalue weighted by Gasteiger charge is 2.21. The van der Waals surface area contributed by atoms with Crippen LogP contribution >= 0.6 is 11.6 Å². The minimum atomic E-state index is -3.85. The van der Waals surface area contributed by atoms with Gasteiger partial charge in [-0.3, -0.25) is 10.1 Å². The largest absolute Gasteiger partial charge is 0.444 e. The Morgan fingerprint density at radius 3 is 2.31 bits per heavy atom.